The summed E-state index contributed by atoms with van der Waals surface area (Å²) in [5.41, 5.74) is 11.5. The van der Waals surface area contributed by atoms with E-state index in [0.717, 1.165) is 17.1 Å². The van der Waals surface area contributed by atoms with Gasteiger partial charge in [0.25, 0.3) is 5.91 Å². The molecule has 0 spiro atoms. The molecule has 4 nitrogen and oxygen atoms in total. The molecule has 6 rings (SSSR count). The van der Waals surface area contributed by atoms with Crippen LogP contribution in [-0.4, -0.2) is 5.91 Å². The molecule has 2 aliphatic carbocycles. The number of nitrogens with zero attached hydrogens (tertiary/aromatic N) is 1. The third-order valence-electron chi connectivity index (χ3n) is 7.85. The van der Waals surface area contributed by atoms with E-state index in [9.17, 15) is 4.79 Å². The molecule has 0 bridgehead atoms. The van der Waals surface area contributed by atoms with E-state index in [1.807, 2.05) is 6.07 Å². The summed E-state index contributed by atoms with van der Waals surface area (Å²) in [6, 6.07) is 34.0. The largest absolute Gasteiger partial charge is 0.310 e. The summed E-state index contributed by atoms with van der Waals surface area (Å²) < 4.78 is 0. The maximum absolute atomic E-state index is 12.4. The van der Waals surface area contributed by atoms with Crippen molar-refractivity contribution in [2.75, 3.05) is 4.90 Å². The minimum absolute atomic E-state index is 0.240. The van der Waals surface area contributed by atoms with Gasteiger partial charge in [0.2, 0.25) is 0 Å². The van der Waals surface area contributed by atoms with Crippen LogP contribution in [0, 0.1) is 5.92 Å². The number of hydrazine groups is 1. The van der Waals surface area contributed by atoms with Crippen LogP contribution in [0.25, 0.3) is 11.1 Å². The van der Waals surface area contributed by atoms with Crippen molar-refractivity contribution in [3.63, 3.8) is 0 Å². The molecule has 3 N–H and O–H groups in total. The molecule has 2 aliphatic rings. The quantitative estimate of drug-likeness (QED) is 0.180. The molecule has 0 aromatic heterocycles. The molecule has 4 aromatic carbocycles. The number of nitrogens with two attached hydrogens (primary N) is 1. The fraction of sp³-hybridized carbons (Fsp3) is 0.219. The molecule has 0 heterocycles. The highest BCUT2D eigenvalue weighted by Gasteiger charge is 2.36. The number of amides is 1. The number of fused-ring (bicyclic) bond motifs is 3. The number of benzene rings is 4. The number of nitrogen functional groups attached to an aromatic ring is 1. The molecule has 180 valence electrons. The Morgan fingerprint density at radius 2 is 1.28 bits per heavy atom. The average molecular weight is 474 g/mol. The SMILES string of the molecule is NNC(=O)c1ccc2c(c1)C(C1CCCCC1)c1cc(N(c3ccccc3)c3ccccc3)ccc1-2. The van der Waals surface area contributed by atoms with Gasteiger partial charge in [-0.25, -0.2) is 5.84 Å². The van der Waals surface area contributed by atoms with Gasteiger partial charge in [0.15, 0.2) is 0 Å². The lowest BCUT2D eigenvalue weighted by Gasteiger charge is -2.30. The fourth-order valence-electron chi connectivity index (χ4n) is 6.23. The van der Waals surface area contributed by atoms with Crippen LogP contribution in [-0.2, 0) is 0 Å². The number of rotatable bonds is 5. The molecule has 1 unspecified atom stereocenters. The Kier molecular flexibility index (Phi) is 6.04. The Morgan fingerprint density at radius 1 is 0.694 bits per heavy atom. The highest BCUT2D eigenvalue weighted by atomic mass is 16.2. The molecular weight excluding hydrogens is 442 g/mol. The number of para-hydroxylation sites is 2. The number of anilines is 3. The lowest BCUT2D eigenvalue weighted by molar-refractivity contribution is 0.0953. The zero-order chi connectivity index (χ0) is 24.5. The van der Waals surface area contributed by atoms with Crippen LogP contribution in [0.3, 0.4) is 0 Å². The summed E-state index contributed by atoms with van der Waals surface area (Å²) in [5, 5.41) is 0. The van der Waals surface area contributed by atoms with Gasteiger partial charge < -0.3 is 4.90 Å². The van der Waals surface area contributed by atoms with E-state index >= 15 is 0 Å². The summed E-state index contributed by atoms with van der Waals surface area (Å²) in [6.45, 7) is 0. The molecular formula is C32H31N3O. The van der Waals surface area contributed by atoms with Gasteiger partial charge in [0.1, 0.15) is 0 Å². The molecule has 1 atom stereocenters. The summed E-state index contributed by atoms with van der Waals surface area (Å²) in [7, 11) is 0. The van der Waals surface area contributed by atoms with Crippen LogP contribution in [0.15, 0.2) is 97.1 Å². The second kappa shape index (κ2) is 9.63. The Labute approximate surface area is 212 Å². The van der Waals surface area contributed by atoms with Crippen molar-refractivity contribution >= 4 is 23.0 Å². The molecule has 36 heavy (non-hydrogen) atoms. The molecule has 1 saturated carbocycles. The monoisotopic (exact) mass is 473 g/mol. The first kappa shape index (κ1) is 22.6. The van der Waals surface area contributed by atoms with Gasteiger partial charge >= 0.3 is 0 Å². The van der Waals surface area contributed by atoms with E-state index in [1.165, 1.54) is 54.4 Å². The highest BCUT2D eigenvalue weighted by molar-refractivity contribution is 5.96. The van der Waals surface area contributed by atoms with E-state index in [2.05, 4.69) is 101 Å². The highest BCUT2D eigenvalue weighted by Crippen LogP contribution is 2.53. The molecule has 0 saturated heterocycles. The lowest BCUT2D eigenvalue weighted by atomic mass is 9.75. The maximum atomic E-state index is 12.4. The Morgan fingerprint density at radius 3 is 1.89 bits per heavy atom. The lowest BCUT2D eigenvalue weighted by Crippen LogP contribution is -2.30. The predicted octanol–water partition coefficient (Wildman–Crippen LogP) is 7.45. The van der Waals surface area contributed by atoms with Crippen molar-refractivity contribution in [3.05, 3.63) is 114 Å². The van der Waals surface area contributed by atoms with Gasteiger partial charge in [-0.2, -0.15) is 0 Å². The van der Waals surface area contributed by atoms with Crippen LogP contribution >= 0.6 is 0 Å². The van der Waals surface area contributed by atoms with Gasteiger partial charge in [-0.1, -0.05) is 67.8 Å². The third kappa shape index (κ3) is 3.98. The van der Waals surface area contributed by atoms with Crippen LogP contribution in [0.2, 0.25) is 0 Å². The van der Waals surface area contributed by atoms with E-state index in [1.54, 1.807) is 0 Å². The van der Waals surface area contributed by atoms with Crippen molar-refractivity contribution in [1.29, 1.82) is 0 Å². The Balaban J connectivity index is 1.50. The summed E-state index contributed by atoms with van der Waals surface area (Å²) in [4.78, 5) is 14.7. The van der Waals surface area contributed by atoms with E-state index in [-0.39, 0.29) is 11.8 Å². The first-order valence-electron chi connectivity index (χ1n) is 12.9. The average Bonchev–Trinajstić information content (AvgIpc) is 3.27. The Bertz CT molecular complexity index is 1340. The first-order chi connectivity index (χ1) is 17.7. The van der Waals surface area contributed by atoms with Gasteiger partial charge in [-0.3, -0.25) is 10.2 Å². The molecule has 4 aromatic rings. The van der Waals surface area contributed by atoms with Crippen molar-refractivity contribution in [3.8, 4) is 11.1 Å². The number of hydrogen-bond donors (Lipinski definition) is 2. The molecule has 1 fully saturated rings. The predicted molar refractivity (Wildman–Crippen MR) is 147 cm³/mol. The maximum Gasteiger partial charge on any atom is 0.265 e. The third-order valence-corrected chi connectivity index (χ3v) is 7.85. The second-order valence-corrected chi connectivity index (χ2v) is 9.93. The number of hydrogen-bond acceptors (Lipinski definition) is 3. The van der Waals surface area contributed by atoms with Crippen LogP contribution in [0.1, 0.15) is 59.5 Å². The van der Waals surface area contributed by atoms with Gasteiger partial charge in [-0.05, 0) is 89.5 Å². The number of carbonyl (C=O) groups is 1. The first-order valence-corrected chi connectivity index (χ1v) is 12.9. The smallest absolute Gasteiger partial charge is 0.265 e. The Hall–Kier alpha value is -3.89. The van der Waals surface area contributed by atoms with Crippen molar-refractivity contribution in [2.45, 2.75) is 38.0 Å². The topological polar surface area (TPSA) is 58.4 Å². The summed E-state index contributed by atoms with van der Waals surface area (Å²) in [5.74, 6) is 6.09. The summed E-state index contributed by atoms with van der Waals surface area (Å²) >= 11 is 0. The van der Waals surface area contributed by atoms with Gasteiger partial charge in [0.05, 0.1) is 0 Å². The van der Waals surface area contributed by atoms with Crippen molar-refractivity contribution in [1.82, 2.24) is 5.43 Å². The minimum atomic E-state index is -0.240. The standard InChI is InChI=1S/C32H31N3O/c33-34-32(36)23-16-18-27-28-19-17-26(21-30(28)31(29(27)20-23)22-10-4-1-5-11-22)35(24-12-6-2-7-13-24)25-14-8-3-9-15-25/h2-3,6-9,12-22,31H,1,4-5,10-11,33H2,(H,34,36). The number of nitrogens with one attached hydrogen (secondary N) is 1. The fourth-order valence-corrected chi connectivity index (χ4v) is 6.23. The number of carbonyl (C=O) groups excluding carboxylic acids is 1. The van der Waals surface area contributed by atoms with E-state index in [0.29, 0.717) is 11.5 Å². The zero-order valence-corrected chi connectivity index (χ0v) is 20.4. The van der Waals surface area contributed by atoms with Gasteiger partial charge in [-0.15, -0.1) is 0 Å². The van der Waals surface area contributed by atoms with Crippen LogP contribution in [0.5, 0.6) is 0 Å². The molecule has 0 radical (unpaired) electrons. The van der Waals surface area contributed by atoms with E-state index in [4.69, 9.17) is 5.84 Å². The molecule has 4 heteroatoms. The van der Waals surface area contributed by atoms with Gasteiger partial charge in [0, 0.05) is 28.5 Å². The molecule has 1 amide bonds. The van der Waals surface area contributed by atoms with E-state index < -0.39 is 0 Å². The minimum Gasteiger partial charge on any atom is -0.310 e. The van der Waals surface area contributed by atoms with Crippen LogP contribution in [0.4, 0.5) is 17.1 Å². The van der Waals surface area contributed by atoms with Crippen molar-refractivity contribution < 1.29 is 4.79 Å². The zero-order valence-electron chi connectivity index (χ0n) is 20.4. The second-order valence-electron chi connectivity index (χ2n) is 9.93. The van der Waals surface area contributed by atoms with Crippen LogP contribution < -0.4 is 16.2 Å². The summed E-state index contributed by atoms with van der Waals surface area (Å²) in [6.07, 6.45) is 6.31. The van der Waals surface area contributed by atoms with Crippen molar-refractivity contribution in [2.24, 2.45) is 11.8 Å². The molecule has 0 aliphatic heterocycles. The normalized spacial score (nSPS) is 16.8.